The minimum absolute atomic E-state index is 0. The Labute approximate surface area is 250 Å². The average molecular weight is 755 g/mol. The first-order valence-corrected chi connectivity index (χ1v) is 11.9. The fourth-order valence-corrected chi connectivity index (χ4v) is 4.21. The molecule has 0 aliphatic heterocycles. The fraction of sp³-hybridized carbons (Fsp3) is 0.179. The Morgan fingerprint density at radius 2 is 2.03 bits per heavy atom. The second-order valence-electron chi connectivity index (χ2n) is 8.08. The smallest absolute Gasteiger partial charge is 0.358 e. The number of carbonyl (C=O) groups excluding carboxylic acids is 1. The van der Waals surface area contributed by atoms with Crippen LogP contribution >= 0.6 is 11.6 Å². The van der Waals surface area contributed by atoms with E-state index in [0.717, 1.165) is 28.7 Å². The molecule has 0 spiro atoms. The number of rotatable bonds is 8. The maximum absolute atomic E-state index is 12.7. The van der Waals surface area contributed by atoms with Gasteiger partial charge in [-0.3, -0.25) is 20.3 Å². The van der Waals surface area contributed by atoms with Gasteiger partial charge in [-0.1, -0.05) is 60.0 Å². The Morgan fingerprint density at radius 3 is 2.71 bits per heavy atom. The van der Waals surface area contributed by atoms with Crippen molar-refractivity contribution in [1.29, 1.82) is 0 Å². The number of nitrogens with zero attached hydrogens (tertiary/aromatic N) is 3. The van der Waals surface area contributed by atoms with E-state index >= 15 is 0 Å². The molecule has 4 rings (SSSR count). The maximum Gasteiger partial charge on any atom is 2.00 e. The molecule has 3 heterocycles. The molecule has 0 aliphatic carbocycles. The van der Waals surface area contributed by atoms with Crippen molar-refractivity contribution in [2.24, 2.45) is 0 Å². The number of aromatic nitrogens is 5. The molecule has 0 saturated heterocycles. The van der Waals surface area contributed by atoms with Gasteiger partial charge in [0.1, 0.15) is 22.3 Å². The number of imidazole rings is 1. The molecule has 194 valence electrons. The van der Waals surface area contributed by atoms with E-state index in [4.69, 9.17) is 16.6 Å². The van der Waals surface area contributed by atoms with E-state index in [1.54, 1.807) is 22.7 Å². The van der Waals surface area contributed by atoms with Crippen molar-refractivity contribution in [3.8, 4) is 11.3 Å². The van der Waals surface area contributed by atoms with E-state index in [1.165, 1.54) is 0 Å². The molecular formula is C28H29ClN6O2U. The van der Waals surface area contributed by atoms with Gasteiger partial charge in [0.05, 0.1) is 6.54 Å². The standard InChI is InChI=1S/C27H26ClN6O2.CH3.U/c1-4-6-10-19(17(3)9-5-2)20-11-7-8-12-21(20)24-25(28)34-14-13-18(15-23(34)31-24)26(35)29-16-22-30-27(36)33-32-22;;/h6-15H,5,16H2,1-3H3,(H,29,35)(H2,30,32,33,36);1H3;/q2*-1;+2/b17-9-,19-10+;;. The summed E-state index contributed by atoms with van der Waals surface area (Å²) in [6.07, 6.45) is 11.8. The number of amides is 1. The monoisotopic (exact) mass is 754 g/mol. The molecule has 0 atom stereocenters. The van der Waals surface area contributed by atoms with Crippen molar-refractivity contribution < 1.29 is 35.9 Å². The van der Waals surface area contributed by atoms with Gasteiger partial charge in [0.2, 0.25) is 0 Å². The van der Waals surface area contributed by atoms with Gasteiger partial charge in [-0.15, -0.1) is 6.92 Å². The van der Waals surface area contributed by atoms with Crippen LogP contribution in [0.3, 0.4) is 0 Å². The molecule has 10 heteroatoms. The number of halogens is 1. The minimum atomic E-state index is -0.428. The van der Waals surface area contributed by atoms with Crippen LogP contribution in [-0.4, -0.2) is 30.5 Å². The second kappa shape index (κ2) is 14.1. The number of hydrogen-bond acceptors (Lipinski definition) is 4. The van der Waals surface area contributed by atoms with Crippen LogP contribution in [0.1, 0.15) is 48.9 Å². The van der Waals surface area contributed by atoms with E-state index in [9.17, 15) is 9.59 Å². The quantitative estimate of drug-likeness (QED) is 0.162. The van der Waals surface area contributed by atoms with E-state index in [2.05, 4.69) is 52.6 Å². The van der Waals surface area contributed by atoms with Crippen LogP contribution < -0.4 is 11.0 Å². The van der Waals surface area contributed by atoms with Crippen molar-refractivity contribution in [3.63, 3.8) is 0 Å². The van der Waals surface area contributed by atoms with Gasteiger partial charge in [0.25, 0.3) is 5.91 Å². The third-order valence-electron chi connectivity index (χ3n) is 5.62. The largest absolute Gasteiger partial charge is 2.00 e. The summed E-state index contributed by atoms with van der Waals surface area (Å²) in [7, 11) is 0. The summed E-state index contributed by atoms with van der Waals surface area (Å²) in [6, 6.07) is 11.3. The molecule has 0 radical (unpaired) electrons. The van der Waals surface area contributed by atoms with Crippen LogP contribution in [0.4, 0.5) is 0 Å². The molecular weight excluding hydrogens is 726 g/mol. The van der Waals surface area contributed by atoms with Gasteiger partial charge >= 0.3 is 36.8 Å². The van der Waals surface area contributed by atoms with Gasteiger partial charge in [-0.2, -0.15) is 5.10 Å². The zero-order chi connectivity index (χ0) is 25.7. The molecule has 8 nitrogen and oxygen atoms in total. The summed E-state index contributed by atoms with van der Waals surface area (Å²) in [4.78, 5) is 31.1. The summed E-state index contributed by atoms with van der Waals surface area (Å²) in [6.45, 7) is 6.14. The molecule has 1 aromatic carbocycles. The third-order valence-corrected chi connectivity index (χ3v) is 5.98. The Morgan fingerprint density at radius 1 is 1.26 bits per heavy atom. The van der Waals surface area contributed by atoms with Crippen LogP contribution in [0.2, 0.25) is 5.15 Å². The third kappa shape index (κ3) is 6.84. The van der Waals surface area contributed by atoms with E-state index in [1.807, 2.05) is 37.3 Å². The molecule has 0 fully saturated rings. The predicted octanol–water partition coefficient (Wildman–Crippen LogP) is 5.57. The Balaban J connectivity index is 0.00000253. The van der Waals surface area contributed by atoms with Crippen LogP contribution in [0, 0.1) is 44.6 Å². The summed E-state index contributed by atoms with van der Waals surface area (Å²) in [5, 5.41) is 9.23. The van der Waals surface area contributed by atoms with Crippen molar-refractivity contribution >= 4 is 28.7 Å². The average Bonchev–Trinajstić information content (AvgIpc) is 3.45. The maximum atomic E-state index is 12.7. The Kier molecular flexibility index (Phi) is 11.6. The van der Waals surface area contributed by atoms with Gasteiger partial charge in [0, 0.05) is 17.3 Å². The number of aromatic amines is 2. The number of hydrogen-bond donors (Lipinski definition) is 3. The SMILES string of the molecule is C[C-]=C/C=C(\C(C)=C/CC)c1ccccc1-c1nc2cc(C(=O)NCc3n[nH]c(=O)[nH]3)ccn2c1Cl.[CH3-].[U+2]. The normalized spacial score (nSPS) is 11.9. The number of fused-ring (bicyclic) bond motifs is 1. The Hall–Kier alpha value is -3.12. The number of H-pyrrole nitrogens is 2. The van der Waals surface area contributed by atoms with Crippen LogP contribution in [0.15, 0.2) is 71.2 Å². The number of nitrogens with one attached hydrogen (secondary N) is 3. The van der Waals surface area contributed by atoms with Crippen molar-refractivity contribution in [3.05, 3.63) is 112 Å². The van der Waals surface area contributed by atoms with Crippen molar-refractivity contribution in [2.75, 3.05) is 0 Å². The van der Waals surface area contributed by atoms with Gasteiger partial charge in [0.15, 0.2) is 0 Å². The molecule has 0 saturated carbocycles. The summed E-state index contributed by atoms with van der Waals surface area (Å²) in [5.41, 5.74) is 5.25. The minimum Gasteiger partial charge on any atom is -0.358 e. The number of pyridine rings is 1. The number of benzene rings is 1. The van der Waals surface area contributed by atoms with E-state index in [0.29, 0.717) is 27.9 Å². The number of carbonyl (C=O) groups is 1. The fourth-order valence-electron chi connectivity index (χ4n) is 3.92. The number of allylic oxidation sites excluding steroid dienone is 6. The zero-order valence-corrected chi connectivity index (χ0v) is 26.6. The van der Waals surface area contributed by atoms with Crippen molar-refractivity contribution in [1.82, 2.24) is 29.9 Å². The van der Waals surface area contributed by atoms with Gasteiger partial charge in [-0.05, 0) is 31.0 Å². The predicted molar refractivity (Wildman–Crippen MR) is 148 cm³/mol. The first-order valence-electron chi connectivity index (χ1n) is 11.5. The van der Waals surface area contributed by atoms with Crippen LogP contribution in [0.25, 0.3) is 22.5 Å². The molecule has 0 unspecified atom stereocenters. The van der Waals surface area contributed by atoms with Crippen LogP contribution in [0.5, 0.6) is 0 Å². The first-order chi connectivity index (χ1) is 17.4. The van der Waals surface area contributed by atoms with Gasteiger partial charge in [-0.25, -0.2) is 27.0 Å². The molecule has 3 N–H and O–H groups in total. The van der Waals surface area contributed by atoms with Crippen LogP contribution in [-0.2, 0) is 6.54 Å². The Bertz CT molecular complexity index is 1560. The van der Waals surface area contributed by atoms with E-state index < -0.39 is 5.69 Å². The topological polar surface area (TPSA) is 108 Å². The second-order valence-corrected chi connectivity index (χ2v) is 8.44. The summed E-state index contributed by atoms with van der Waals surface area (Å²) < 4.78 is 1.74. The summed E-state index contributed by atoms with van der Waals surface area (Å²) in [5.74, 6) is 0.0135. The molecule has 1 amide bonds. The molecule has 3 aromatic heterocycles. The molecule has 0 aliphatic rings. The zero-order valence-electron chi connectivity index (χ0n) is 21.7. The van der Waals surface area contributed by atoms with E-state index in [-0.39, 0.29) is 51.0 Å². The van der Waals surface area contributed by atoms with Crippen molar-refractivity contribution in [2.45, 2.75) is 33.7 Å². The summed E-state index contributed by atoms with van der Waals surface area (Å²) >= 11 is 6.79. The molecule has 4 aromatic rings. The molecule has 0 bridgehead atoms. The molecule has 38 heavy (non-hydrogen) atoms. The first kappa shape index (κ1) is 31.1. The van der Waals surface area contributed by atoms with Gasteiger partial charge < -0.3 is 12.7 Å².